The molecule has 29 heavy (non-hydrogen) atoms. The molecule has 0 saturated heterocycles. The number of anilines is 1. The van der Waals surface area contributed by atoms with Crippen LogP contribution in [0.15, 0.2) is 73.1 Å². The molecular weight excluding hydrogens is 370 g/mol. The largest absolute Gasteiger partial charge is 0.387 e. The molecule has 0 saturated carbocycles. The summed E-state index contributed by atoms with van der Waals surface area (Å²) in [5.74, 6) is 1.15. The highest BCUT2D eigenvalue weighted by molar-refractivity contribution is 5.90. The average Bonchev–Trinajstić information content (AvgIpc) is 2.77. The van der Waals surface area contributed by atoms with Gasteiger partial charge in [-0.2, -0.15) is 0 Å². The summed E-state index contributed by atoms with van der Waals surface area (Å²) in [5, 5.41) is 25.3. The van der Waals surface area contributed by atoms with Gasteiger partial charge in [-0.25, -0.2) is 9.97 Å². The Balaban J connectivity index is 1.60. The SMILES string of the molecule is O=[N+]([O-])c1ccc(C(O)CNc2nc(-c3ccncc3)nc3ccccc23)cc1. The van der Waals surface area contributed by atoms with Crippen LogP contribution in [0.3, 0.4) is 0 Å². The summed E-state index contributed by atoms with van der Waals surface area (Å²) in [4.78, 5) is 23.6. The van der Waals surface area contributed by atoms with Crippen LogP contribution in [0.2, 0.25) is 0 Å². The van der Waals surface area contributed by atoms with Crippen LogP contribution in [0.25, 0.3) is 22.3 Å². The summed E-state index contributed by atoms with van der Waals surface area (Å²) in [6.07, 6.45) is 2.51. The van der Waals surface area contributed by atoms with Crippen molar-refractivity contribution in [3.05, 3.63) is 88.7 Å². The van der Waals surface area contributed by atoms with Gasteiger partial charge in [0.05, 0.1) is 16.5 Å². The highest BCUT2D eigenvalue weighted by Crippen LogP contribution is 2.25. The molecule has 0 spiro atoms. The molecule has 0 radical (unpaired) electrons. The number of pyridine rings is 1. The van der Waals surface area contributed by atoms with Crippen molar-refractivity contribution in [3.8, 4) is 11.4 Å². The van der Waals surface area contributed by atoms with E-state index in [1.165, 1.54) is 12.1 Å². The standard InChI is InChI=1S/C21H17N5O3/c27-19(14-5-7-16(8-6-14)26(28)29)13-23-21-17-3-1-2-4-18(17)24-20(25-21)15-9-11-22-12-10-15/h1-12,19,27H,13H2,(H,23,24,25). The number of para-hydroxylation sites is 1. The van der Waals surface area contributed by atoms with Gasteiger partial charge in [-0.1, -0.05) is 12.1 Å². The summed E-state index contributed by atoms with van der Waals surface area (Å²) in [6, 6.07) is 17.1. The van der Waals surface area contributed by atoms with Crippen LogP contribution in [-0.2, 0) is 0 Å². The van der Waals surface area contributed by atoms with Crippen LogP contribution < -0.4 is 5.32 Å². The highest BCUT2D eigenvalue weighted by atomic mass is 16.6. The first kappa shape index (κ1) is 18.5. The quantitative estimate of drug-likeness (QED) is 0.382. The van der Waals surface area contributed by atoms with Gasteiger partial charge in [-0.3, -0.25) is 15.1 Å². The van der Waals surface area contributed by atoms with Crippen molar-refractivity contribution in [1.29, 1.82) is 0 Å². The Hall–Kier alpha value is -3.91. The fraction of sp³-hybridized carbons (Fsp3) is 0.0952. The molecule has 8 heteroatoms. The zero-order valence-electron chi connectivity index (χ0n) is 15.3. The van der Waals surface area contributed by atoms with Crippen LogP contribution in [0.1, 0.15) is 11.7 Å². The van der Waals surface area contributed by atoms with Crippen LogP contribution in [0, 0.1) is 10.1 Å². The number of nitro benzene ring substituents is 1. The molecule has 1 unspecified atom stereocenters. The van der Waals surface area contributed by atoms with Crippen molar-refractivity contribution in [2.24, 2.45) is 0 Å². The summed E-state index contributed by atoms with van der Waals surface area (Å²) in [6.45, 7) is 0.189. The summed E-state index contributed by atoms with van der Waals surface area (Å²) in [5.41, 5.74) is 2.18. The first-order valence-corrected chi connectivity index (χ1v) is 8.95. The number of aromatic nitrogens is 3. The van der Waals surface area contributed by atoms with E-state index < -0.39 is 11.0 Å². The molecule has 0 amide bonds. The van der Waals surface area contributed by atoms with Crippen molar-refractivity contribution in [1.82, 2.24) is 15.0 Å². The van der Waals surface area contributed by atoms with Gasteiger partial charge in [0, 0.05) is 42.0 Å². The molecule has 4 aromatic rings. The number of nitrogens with one attached hydrogen (secondary N) is 1. The van der Waals surface area contributed by atoms with Crippen molar-refractivity contribution >= 4 is 22.4 Å². The number of nitrogens with zero attached hydrogens (tertiary/aromatic N) is 4. The van der Waals surface area contributed by atoms with E-state index in [-0.39, 0.29) is 12.2 Å². The smallest absolute Gasteiger partial charge is 0.269 e. The van der Waals surface area contributed by atoms with Crippen molar-refractivity contribution in [2.45, 2.75) is 6.10 Å². The number of hydrogen-bond donors (Lipinski definition) is 2. The number of rotatable bonds is 6. The van der Waals surface area contributed by atoms with Gasteiger partial charge >= 0.3 is 0 Å². The molecular formula is C21H17N5O3. The van der Waals surface area contributed by atoms with Gasteiger partial charge in [0.25, 0.3) is 5.69 Å². The molecule has 1 atom stereocenters. The monoisotopic (exact) mass is 387 g/mol. The molecule has 144 valence electrons. The van der Waals surface area contributed by atoms with E-state index in [1.54, 1.807) is 24.5 Å². The van der Waals surface area contributed by atoms with Crippen LogP contribution >= 0.6 is 0 Å². The van der Waals surface area contributed by atoms with Crippen molar-refractivity contribution in [3.63, 3.8) is 0 Å². The number of aliphatic hydroxyl groups excluding tert-OH is 1. The lowest BCUT2D eigenvalue weighted by atomic mass is 10.1. The molecule has 8 nitrogen and oxygen atoms in total. The topological polar surface area (TPSA) is 114 Å². The predicted octanol–water partition coefficient (Wildman–Crippen LogP) is 3.75. The van der Waals surface area contributed by atoms with Crippen LogP contribution in [0.5, 0.6) is 0 Å². The lowest BCUT2D eigenvalue weighted by Crippen LogP contribution is -2.14. The van der Waals surface area contributed by atoms with Gasteiger partial charge in [0.15, 0.2) is 5.82 Å². The third kappa shape index (κ3) is 4.02. The number of non-ortho nitro benzene ring substituents is 1. The van der Waals surface area contributed by atoms with Gasteiger partial charge in [0.2, 0.25) is 0 Å². The number of benzene rings is 2. The van der Waals surface area contributed by atoms with Gasteiger partial charge < -0.3 is 10.4 Å². The van der Waals surface area contributed by atoms with E-state index in [9.17, 15) is 15.2 Å². The molecule has 2 aromatic carbocycles. The minimum atomic E-state index is -0.853. The highest BCUT2D eigenvalue weighted by Gasteiger charge is 2.13. The number of hydrogen-bond acceptors (Lipinski definition) is 7. The van der Waals surface area contributed by atoms with E-state index in [0.717, 1.165) is 16.5 Å². The normalized spacial score (nSPS) is 11.9. The Bertz CT molecular complexity index is 1150. The summed E-state index contributed by atoms with van der Waals surface area (Å²) in [7, 11) is 0. The van der Waals surface area contributed by atoms with E-state index in [4.69, 9.17) is 0 Å². The Kier molecular flexibility index (Phi) is 5.08. The van der Waals surface area contributed by atoms with Crippen LogP contribution in [0.4, 0.5) is 11.5 Å². The predicted molar refractivity (Wildman–Crippen MR) is 109 cm³/mol. The van der Waals surface area contributed by atoms with Gasteiger partial charge in [0.1, 0.15) is 5.82 Å². The molecule has 2 aromatic heterocycles. The van der Waals surface area contributed by atoms with E-state index in [2.05, 4.69) is 20.3 Å². The zero-order valence-corrected chi connectivity index (χ0v) is 15.3. The first-order valence-electron chi connectivity index (χ1n) is 8.95. The Morgan fingerprint density at radius 2 is 1.72 bits per heavy atom. The third-order valence-electron chi connectivity index (χ3n) is 4.49. The Labute approximate surface area is 166 Å². The molecule has 0 aliphatic heterocycles. The Morgan fingerprint density at radius 1 is 1.00 bits per heavy atom. The maximum Gasteiger partial charge on any atom is 0.269 e. The fourth-order valence-electron chi connectivity index (χ4n) is 2.97. The summed E-state index contributed by atoms with van der Waals surface area (Å²) < 4.78 is 0. The first-order chi connectivity index (χ1) is 14.1. The lowest BCUT2D eigenvalue weighted by molar-refractivity contribution is -0.384. The van der Waals surface area contributed by atoms with E-state index in [0.29, 0.717) is 17.2 Å². The van der Waals surface area contributed by atoms with Gasteiger partial charge in [-0.15, -0.1) is 0 Å². The minimum absolute atomic E-state index is 0.0160. The number of nitro groups is 1. The van der Waals surface area contributed by atoms with E-state index in [1.807, 2.05) is 36.4 Å². The van der Waals surface area contributed by atoms with Crippen molar-refractivity contribution < 1.29 is 10.0 Å². The third-order valence-corrected chi connectivity index (χ3v) is 4.49. The second kappa shape index (κ2) is 7.99. The second-order valence-corrected chi connectivity index (χ2v) is 6.39. The molecule has 0 fully saturated rings. The second-order valence-electron chi connectivity index (χ2n) is 6.39. The minimum Gasteiger partial charge on any atom is -0.387 e. The van der Waals surface area contributed by atoms with E-state index >= 15 is 0 Å². The molecule has 0 aliphatic rings. The summed E-state index contributed by atoms with van der Waals surface area (Å²) >= 11 is 0. The maximum absolute atomic E-state index is 10.8. The Morgan fingerprint density at radius 3 is 2.45 bits per heavy atom. The fourth-order valence-corrected chi connectivity index (χ4v) is 2.97. The average molecular weight is 387 g/mol. The van der Waals surface area contributed by atoms with Crippen molar-refractivity contribution in [2.75, 3.05) is 11.9 Å². The molecule has 2 N–H and O–H groups in total. The molecule has 2 heterocycles. The van der Waals surface area contributed by atoms with Crippen LogP contribution in [-0.4, -0.2) is 31.5 Å². The number of aliphatic hydroxyl groups is 1. The van der Waals surface area contributed by atoms with Gasteiger partial charge in [-0.05, 0) is 42.0 Å². The number of fused-ring (bicyclic) bond motifs is 1. The maximum atomic E-state index is 10.8. The lowest BCUT2D eigenvalue weighted by Gasteiger charge is -2.15. The molecule has 0 bridgehead atoms. The molecule has 4 rings (SSSR count). The zero-order chi connectivity index (χ0) is 20.2. The molecule has 0 aliphatic carbocycles.